The topological polar surface area (TPSA) is 86.5 Å². The van der Waals surface area contributed by atoms with Crippen LogP contribution >= 0.6 is 0 Å². The molecule has 3 rings (SSSR count). The predicted molar refractivity (Wildman–Crippen MR) is 104 cm³/mol. The van der Waals surface area contributed by atoms with Crippen LogP contribution in [-0.4, -0.2) is 29.3 Å². The molecule has 0 aliphatic carbocycles. The minimum atomic E-state index is -0.648. The van der Waals surface area contributed by atoms with Crippen LogP contribution in [0.25, 0.3) is 11.4 Å². The van der Waals surface area contributed by atoms with E-state index in [2.05, 4.69) is 15.5 Å². The minimum Gasteiger partial charge on any atom is -0.497 e. The molecular formula is C21H23N3O4. The maximum Gasteiger partial charge on any atom is 0.261 e. The highest BCUT2D eigenvalue weighted by Crippen LogP contribution is 2.21. The van der Waals surface area contributed by atoms with Gasteiger partial charge in [0.05, 0.1) is 13.7 Å². The molecule has 0 fully saturated rings. The lowest BCUT2D eigenvalue weighted by atomic mass is 10.1. The summed E-state index contributed by atoms with van der Waals surface area (Å²) >= 11 is 0. The van der Waals surface area contributed by atoms with E-state index in [0.29, 0.717) is 17.5 Å². The fraction of sp³-hybridized carbons (Fsp3) is 0.286. The smallest absolute Gasteiger partial charge is 0.261 e. The molecule has 1 amide bonds. The number of carbonyl (C=O) groups is 1. The average Bonchev–Trinajstić information content (AvgIpc) is 3.17. The fourth-order valence-corrected chi connectivity index (χ4v) is 2.67. The molecule has 0 aliphatic rings. The summed E-state index contributed by atoms with van der Waals surface area (Å²) in [6, 6.07) is 13.1. The van der Waals surface area contributed by atoms with Crippen molar-refractivity contribution in [1.29, 1.82) is 0 Å². The Kier molecular flexibility index (Phi) is 5.93. The molecule has 0 unspecified atom stereocenters. The summed E-state index contributed by atoms with van der Waals surface area (Å²) in [5, 5.41) is 6.70. The Labute approximate surface area is 163 Å². The number of aromatic nitrogens is 2. The van der Waals surface area contributed by atoms with E-state index in [1.54, 1.807) is 14.0 Å². The first-order valence-corrected chi connectivity index (χ1v) is 8.95. The van der Waals surface area contributed by atoms with Crippen LogP contribution in [-0.2, 0) is 11.3 Å². The normalized spacial score (nSPS) is 11.7. The highest BCUT2D eigenvalue weighted by Gasteiger charge is 2.17. The van der Waals surface area contributed by atoms with Gasteiger partial charge >= 0.3 is 0 Å². The summed E-state index contributed by atoms with van der Waals surface area (Å²) in [7, 11) is 1.61. The molecule has 0 saturated carbocycles. The van der Waals surface area contributed by atoms with Crippen LogP contribution in [0.2, 0.25) is 0 Å². The number of nitrogens with zero attached hydrogens (tertiary/aromatic N) is 2. The number of rotatable bonds is 7. The molecule has 146 valence electrons. The van der Waals surface area contributed by atoms with E-state index >= 15 is 0 Å². The van der Waals surface area contributed by atoms with Crippen LogP contribution in [0.15, 0.2) is 47.0 Å². The number of ether oxygens (including phenoxy) is 2. The average molecular weight is 381 g/mol. The molecule has 0 bridgehead atoms. The first kappa shape index (κ1) is 19.4. The lowest BCUT2D eigenvalue weighted by Crippen LogP contribution is -2.36. The summed E-state index contributed by atoms with van der Waals surface area (Å²) in [4.78, 5) is 16.6. The van der Waals surface area contributed by atoms with Gasteiger partial charge in [-0.3, -0.25) is 4.79 Å². The molecule has 1 heterocycles. The SMILES string of the molecule is COc1ccc(-c2noc(CNC(=O)[C@@H](C)Oc3ccc(C)cc3C)n2)cc1. The van der Waals surface area contributed by atoms with Crippen molar-refractivity contribution < 1.29 is 18.8 Å². The number of benzene rings is 2. The van der Waals surface area contributed by atoms with Crippen LogP contribution in [0, 0.1) is 13.8 Å². The number of aryl methyl sites for hydroxylation is 2. The van der Waals surface area contributed by atoms with Gasteiger partial charge in [0.15, 0.2) is 6.10 Å². The molecule has 0 saturated heterocycles. The Bertz CT molecular complexity index is 951. The van der Waals surface area contributed by atoms with E-state index in [1.807, 2.05) is 56.3 Å². The van der Waals surface area contributed by atoms with Crippen molar-refractivity contribution in [3.63, 3.8) is 0 Å². The maximum absolute atomic E-state index is 12.3. The molecule has 0 spiro atoms. The standard InChI is InChI=1S/C21H23N3O4/c1-13-5-10-18(14(2)11-13)27-15(3)21(25)22-12-19-23-20(24-28-19)16-6-8-17(26-4)9-7-16/h5-11,15H,12H2,1-4H3,(H,22,25)/t15-/m1/s1. The Morgan fingerprint density at radius 2 is 1.93 bits per heavy atom. The second-order valence-electron chi connectivity index (χ2n) is 6.49. The van der Waals surface area contributed by atoms with E-state index in [-0.39, 0.29) is 12.5 Å². The Morgan fingerprint density at radius 1 is 1.18 bits per heavy atom. The Balaban J connectivity index is 1.56. The zero-order valence-corrected chi connectivity index (χ0v) is 16.4. The molecule has 28 heavy (non-hydrogen) atoms. The van der Waals surface area contributed by atoms with Crippen LogP contribution in [0.4, 0.5) is 0 Å². The highest BCUT2D eigenvalue weighted by atomic mass is 16.5. The summed E-state index contributed by atoms with van der Waals surface area (Å²) in [6.45, 7) is 5.79. The fourth-order valence-electron chi connectivity index (χ4n) is 2.67. The number of hydrogen-bond donors (Lipinski definition) is 1. The summed E-state index contributed by atoms with van der Waals surface area (Å²) < 4.78 is 16.1. The number of hydrogen-bond acceptors (Lipinski definition) is 6. The molecule has 1 N–H and O–H groups in total. The third kappa shape index (κ3) is 4.68. The van der Waals surface area contributed by atoms with Gasteiger partial charge in [-0.1, -0.05) is 22.9 Å². The second kappa shape index (κ2) is 8.56. The van der Waals surface area contributed by atoms with Gasteiger partial charge in [-0.15, -0.1) is 0 Å². The van der Waals surface area contributed by atoms with Crippen LogP contribution in [0.1, 0.15) is 23.9 Å². The van der Waals surface area contributed by atoms with Crippen LogP contribution in [0.5, 0.6) is 11.5 Å². The summed E-state index contributed by atoms with van der Waals surface area (Å²) in [5.74, 6) is 1.94. The lowest BCUT2D eigenvalue weighted by Gasteiger charge is -2.16. The van der Waals surface area contributed by atoms with Gasteiger partial charge in [0.2, 0.25) is 11.7 Å². The lowest BCUT2D eigenvalue weighted by molar-refractivity contribution is -0.127. The Morgan fingerprint density at radius 3 is 2.61 bits per heavy atom. The van der Waals surface area contributed by atoms with E-state index in [1.165, 1.54) is 0 Å². The first-order chi connectivity index (χ1) is 13.5. The minimum absolute atomic E-state index is 0.128. The highest BCUT2D eigenvalue weighted by molar-refractivity contribution is 5.80. The van der Waals surface area contributed by atoms with E-state index in [0.717, 1.165) is 22.4 Å². The molecule has 2 aromatic carbocycles. The van der Waals surface area contributed by atoms with E-state index in [9.17, 15) is 4.79 Å². The molecule has 1 aromatic heterocycles. The summed E-state index contributed by atoms with van der Waals surface area (Å²) in [5.41, 5.74) is 2.93. The van der Waals surface area contributed by atoms with E-state index in [4.69, 9.17) is 14.0 Å². The molecule has 3 aromatic rings. The number of nitrogens with one attached hydrogen (secondary N) is 1. The predicted octanol–water partition coefficient (Wildman–Crippen LogP) is 3.45. The molecule has 7 heteroatoms. The maximum atomic E-state index is 12.3. The van der Waals surface area contributed by atoms with Gasteiger partial charge in [0.25, 0.3) is 5.91 Å². The van der Waals surface area contributed by atoms with Crippen molar-refractivity contribution in [1.82, 2.24) is 15.5 Å². The van der Waals surface area contributed by atoms with Crippen molar-refractivity contribution in [2.24, 2.45) is 0 Å². The van der Waals surface area contributed by atoms with Gasteiger partial charge in [-0.05, 0) is 56.7 Å². The summed E-state index contributed by atoms with van der Waals surface area (Å²) in [6.07, 6.45) is -0.648. The number of methoxy groups -OCH3 is 1. The molecular weight excluding hydrogens is 358 g/mol. The third-order valence-electron chi connectivity index (χ3n) is 4.23. The Hall–Kier alpha value is -3.35. The van der Waals surface area contributed by atoms with Gasteiger partial charge in [0.1, 0.15) is 11.5 Å². The van der Waals surface area contributed by atoms with Gasteiger partial charge in [-0.25, -0.2) is 0 Å². The van der Waals surface area contributed by atoms with Gasteiger partial charge in [-0.2, -0.15) is 4.98 Å². The second-order valence-corrected chi connectivity index (χ2v) is 6.49. The monoisotopic (exact) mass is 381 g/mol. The van der Waals surface area contributed by atoms with Crippen molar-refractivity contribution >= 4 is 5.91 Å². The first-order valence-electron chi connectivity index (χ1n) is 8.95. The molecule has 0 radical (unpaired) electrons. The largest absolute Gasteiger partial charge is 0.497 e. The zero-order chi connectivity index (χ0) is 20.1. The van der Waals surface area contributed by atoms with Crippen molar-refractivity contribution in [3.8, 4) is 22.9 Å². The van der Waals surface area contributed by atoms with Gasteiger partial charge in [0, 0.05) is 5.56 Å². The number of carbonyl (C=O) groups excluding carboxylic acids is 1. The number of amides is 1. The quantitative estimate of drug-likeness (QED) is 0.675. The van der Waals surface area contributed by atoms with Crippen molar-refractivity contribution in [2.75, 3.05) is 7.11 Å². The van der Waals surface area contributed by atoms with Crippen LogP contribution < -0.4 is 14.8 Å². The van der Waals surface area contributed by atoms with E-state index < -0.39 is 6.10 Å². The molecule has 0 aliphatic heterocycles. The van der Waals surface area contributed by atoms with Crippen LogP contribution in [0.3, 0.4) is 0 Å². The van der Waals surface area contributed by atoms with Gasteiger partial charge < -0.3 is 19.3 Å². The molecule has 7 nitrogen and oxygen atoms in total. The van der Waals surface area contributed by atoms with Crippen molar-refractivity contribution in [2.45, 2.75) is 33.4 Å². The molecule has 1 atom stereocenters. The third-order valence-corrected chi connectivity index (χ3v) is 4.23. The zero-order valence-electron chi connectivity index (χ0n) is 16.4. The van der Waals surface area contributed by atoms with Crippen molar-refractivity contribution in [3.05, 3.63) is 59.5 Å².